The van der Waals surface area contributed by atoms with E-state index in [4.69, 9.17) is 14.2 Å². The maximum Gasteiger partial charge on any atom is 0.417 e. The Kier molecular flexibility index (Phi) is 7.38. The second kappa shape index (κ2) is 10.0. The summed E-state index contributed by atoms with van der Waals surface area (Å²) >= 11 is 0. The van der Waals surface area contributed by atoms with E-state index < -0.39 is 41.6 Å². The fourth-order valence-electron chi connectivity index (χ4n) is 3.76. The summed E-state index contributed by atoms with van der Waals surface area (Å²) in [5, 5.41) is 11.1. The van der Waals surface area contributed by atoms with Crippen molar-refractivity contribution in [2.75, 3.05) is 7.11 Å². The Labute approximate surface area is 193 Å². The SMILES string of the molecule is COc1cccc(C(O)[C@H]2CC(=O)N(C(=O)OCc3ccccc3)[C@@H]2C(=O)OC(C)(C)C)c1. The van der Waals surface area contributed by atoms with Gasteiger partial charge in [-0.05, 0) is 44.0 Å². The first-order valence-electron chi connectivity index (χ1n) is 10.7. The summed E-state index contributed by atoms with van der Waals surface area (Å²) in [4.78, 5) is 39.6. The molecule has 1 N–H and O–H groups in total. The van der Waals surface area contributed by atoms with Crippen LogP contribution in [-0.4, -0.2) is 46.7 Å². The van der Waals surface area contributed by atoms with Crippen molar-refractivity contribution in [2.24, 2.45) is 5.92 Å². The largest absolute Gasteiger partial charge is 0.497 e. The average molecular weight is 456 g/mol. The van der Waals surface area contributed by atoms with Crippen LogP contribution in [-0.2, 0) is 25.7 Å². The minimum Gasteiger partial charge on any atom is -0.497 e. The lowest BCUT2D eigenvalue weighted by Gasteiger charge is -2.30. The van der Waals surface area contributed by atoms with Crippen LogP contribution >= 0.6 is 0 Å². The van der Waals surface area contributed by atoms with E-state index in [1.54, 1.807) is 69.3 Å². The van der Waals surface area contributed by atoms with Gasteiger partial charge in [0.1, 0.15) is 24.0 Å². The molecule has 0 aromatic heterocycles. The van der Waals surface area contributed by atoms with Gasteiger partial charge in [0, 0.05) is 12.3 Å². The van der Waals surface area contributed by atoms with Crippen molar-refractivity contribution < 1.29 is 33.7 Å². The molecule has 0 radical (unpaired) electrons. The number of aliphatic hydroxyl groups is 1. The fourth-order valence-corrected chi connectivity index (χ4v) is 3.76. The predicted molar refractivity (Wildman–Crippen MR) is 119 cm³/mol. The van der Waals surface area contributed by atoms with Gasteiger partial charge in [-0.1, -0.05) is 42.5 Å². The zero-order chi connectivity index (χ0) is 24.2. The Morgan fingerprint density at radius 2 is 1.82 bits per heavy atom. The second-order valence-corrected chi connectivity index (χ2v) is 8.87. The lowest BCUT2D eigenvalue weighted by molar-refractivity contribution is -0.163. The van der Waals surface area contributed by atoms with Crippen molar-refractivity contribution >= 4 is 18.0 Å². The number of rotatable bonds is 6. The van der Waals surface area contributed by atoms with Crippen molar-refractivity contribution in [2.45, 2.75) is 51.5 Å². The first-order valence-corrected chi connectivity index (χ1v) is 10.7. The molecule has 2 amide bonds. The van der Waals surface area contributed by atoms with Gasteiger partial charge >= 0.3 is 12.1 Å². The van der Waals surface area contributed by atoms with Crippen LogP contribution in [0.2, 0.25) is 0 Å². The molecule has 0 spiro atoms. The van der Waals surface area contributed by atoms with Crippen LogP contribution in [0.4, 0.5) is 4.79 Å². The molecule has 0 saturated carbocycles. The summed E-state index contributed by atoms with van der Waals surface area (Å²) in [5.41, 5.74) is 0.341. The maximum absolute atomic E-state index is 13.1. The Balaban J connectivity index is 1.88. The van der Waals surface area contributed by atoms with E-state index in [9.17, 15) is 19.5 Å². The Morgan fingerprint density at radius 3 is 2.45 bits per heavy atom. The highest BCUT2D eigenvalue weighted by molar-refractivity contribution is 6.00. The van der Waals surface area contributed by atoms with E-state index in [-0.39, 0.29) is 13.0 Å². The quantitative estimate of drug-likeness (QED) is 0.664. The van der Waals surface area contributed by atoms with Gasteiger partial charge in [0.15, 0.2) is 0 Å². The van der Waals surface area contributed by atoms with E-state index >= 15 is 0 Å². The molecule has 8 heteroatoms. The topological polar surface area (TPSA) is 102 Å². The molecule has 1 unspecified atom stereocenters. The van der Waals surface area contributed by atoms with Gasteiger partial charge in [0.25, 0.3) is 0 Å². The standard InChI is InChI=1S/C25H29NO7/c1-25(2,3)33-23(29)21-19(22(28)17-11-8-12-18(13-17)31-4)14-20(27)26(21)24(30)32-15-16-9-6-5-7-10-16/h5-13,19,21-22,28H,14-15H2,1-4H3/t19-,21-,22?/m0/s1. The van der Waals surface area contributed by atoms with Crippen LogP contribution < -0.4 is 4.74 Å². The maximum atomic E-state index is 13.1. The van der Waals surface area contributed by atoms with Crippen molar-refractivity contribution in [1.29, 1.82) is 0 Å². The molecule has 3 rings (SSSR count). The third-order valence-corrected chi connectivity index (χ3v) is 5.25. The molecule has 33 heavy (non-hydrogen) atoms. The van der Waals surface area contributed by atoms with Crippen molar-refractivity contribution in [1.82, 2.24) is 4.90 Å². The highest BCUT2D eigenvalue weighted by atomic mass is 16.6. The van der Waals surface area contributed by atoms with Crippen molar-refractivity contribution in [3.05, 3.63) is 65.7 Å². The van der Waals surface area contributed by atoms with Gasteiger partial charge in [0.05, 0.1) is 13.2 Å². The van der Waals surface area contributed by atoms with E-state index in [1.165, 1.54) is 7.11 Å². The molecule has 1 saturated heterocycles. The number of hydrogen-bond donors (Lipinski definition) is 1. The van der Waals surface area contributed by atoms with Crippen molar-refractivity contribution in [3.8, 4) is 5.75 Å². The summed E-state index contributed by atoms with van der Waals surface area (Å²) < 4.78 is 16.0. The minimum atomic E-state index is -1.33. The van der Waals surface area contributed by atoms with E-state index in [1.807, 2.05) is 6.07 Å². The zero-order valence-corrected chi connectivity index (χ0v) is 19.2. The smallest absolute Gasteiger partial charge is 0.417 e. The molecule has 0 bridgehead atoms. The summed E-state index contributed by atoms with van der Waals surface area (Å²) in [6.07, 6.45) is -2.39. The Bertz CT molecular complexity index is 999. The van der Waals surface area contributed by atoms with Crippen molar-refractivity contribution in [3.63, 3.8) is 0 Å². The summed E-state index contributed by atoms with van der Waals surface area (Å²) in [7, 11) is 1.50. The Hall–Kier alpha value is -3.39. The normalized spacial score (nSPS) is 19.2. The summed E-state index contributed by atoms with van der Waals surface area (Å²) in [6, 6.07) is 14.4. The molecule has 1 aliphatic heterocycles. The number of esters is 1. The van der Waals surface area contributed by atoms with Crippen LogP contribution in [0.25, 0.3) is 0 Å². The van der Waals surface area contributed by atoms with Crippen LogP contribution in [0.1, 0.15) is 44.4 Å². The molecule has 1 heterocycles. The van der Waals surface area contributed by atoms with Crippen LogP contribution in [0.3, 0.4) is 0 Å². The van der Waals surface area contributed by atoms with Gasteiger partial charge in [-0.3, -0.25) is 4.79 Å². The third-order valence-electron chi connectivity index (χ3n) is 5.25. The number of carbonyl (C=O) groups excluding carboxylic acids is 3. The molecular weight excluding hydrogens is 426 g/mol. The highest BCUT2D eigenvalue weighted by Crippen LogP contribution is 2.38. The molecule has 1 fully saturated rings. The lowest BCUT2D eigenvalue weighted by Crippen LogP contribution is -2.48. The van der Waals surface area contributed by atoms with Crippen LogP contribution in [0, 0.1) is 5.92 Å². The van der Waals surface area contributed by atoms with Gasteiger partial charge in [-0.2, -0.15) is 0 Å². The lowest BCUT2D eigenvalue weighted by atomic mass is 9.89. The van der Waals surface area contributed by atoms with Gasteiger partial charge < -0.3 is 19.3 Å². The second-order valence-electron chi connectivity index (χ2n) is 8.87. The van der Waals surface area contributed by atoms with Gasteiger partial charge in [-0.15, -0.1) is 0 Å². The number of carbonyl (C=O) groups is 3. The van der Waals surface area contributed by atoms with Gasteiger partial charge in [-0.25, -0.2) is 14.5 Å². The minimum absolute atomic E-state index is 0.0619. The summed E-state index contributed by atoms with van der Waals surface area (Å²) in [5.74, 6) is -1.79. The van der Waals surface area contributed by atoms with Gasteiger partial charge in [0.2, 0.25) is 5.91 Å². The molecule has 2 aromatic rings. The summed E-state index contributed by atoms with van der Waals surface area (Å²) in [6.45, 7) is 5.00. The highest BCUT2D eigenvalue weighted by Gasteiger charge is 2.52. The molecule has 8 nitrogen and oxygen atoms in total. The number of amides is 2. The first kappa shape index (κ1) is 24.3. The van der Waals surface area contributed by atoms with E-state index in [0.717, 1.165) is 10.5 Å². The molecule has 0 aliphatic carbocycles. The number of hydrogen-bond acceptors (Lipinski definition) is 7. The fraction of sp³-hybridized carbons (Fsp3) is 0.400. The molecular formula is C25H29NO7. The monoisotopic (exact) mass is 455 g/mol. The van der Waals surface area contributed by atoms with Crippen LogP contribution in [0.15, 0.2) is 54.6 Å². The molecule has 176 valence electrons. The Morgan fingerprint density at radius 1 is 1.12 bits per heavy atom. The van der Waals surface area contributed by atoms with Crippen LogP contribution in [0.5, 0.6) is 5.75 Å². The zero-order valence-electron chi connectivity index (χ0n) is 19.2. The number of methoxy groups -OCH3 is 1. The van der Waals surface area contributed by atoms with E-state index in [0.29, 0.717) is 11.3 Å². The van der Waals surface area contributed by atoms with E-state index in [2.05, 4.69) is 0 Å². The number of aliphatic hydroxyl groups excluding tert-OH is 1. The average Bonchev–Trinajstić information content (AvgIpc) is 3.14. The first-order chi connectivity index (χ1) is 15.6. The molecule has 1 aliphatic rings. The molecule has 3 atom stereocenters. The predicted octanol–water partition coefficient (Wildman–Crippen LogP) is 3.62. The number of ether oxygens (including phenoxy) is 3. The number of benzene rings is 2. The molecule has 2 aromatic carbocycles. The number of likely N-dealkylation sites (tertiary alicyclic amines) is 1. The third kappa shape index (κ3) is 5.90. The number of nitrogens with zero attached hydrogens (tertiary/aromatic N) is 1. The number of imide groups is 1.